The van der Waals surface area contributed by atoms with Gasteiger partial charge < -0.3 is 14.8 Å². The molecule has 3 heterocycles. The first-order valence-electron chi connectivity index (χ1n) is 9.91. The quantitative estimate of drug-likeness (QED) is 0.569. The molecule has 0 bridgehead atoms. The van der Waals surface area contributed by atoms with Gasteiger partial charge in [0.1, 0.15) is 6.04 Å². The topological polar surface area (TPSA) is 87.1 Å². The van der Waals surface area contributed by atoms with Crippen LogP contribution in [0.3, 0.4) is 0 Å². The van der Waals surface area contributed by atoms with Gasteiger partial charge in [-0.05, 0) is 63.3 Å². The van der Waals surface area contributed by atoms with Gasteiger partial charge in [-0.25, -0.2) is 15.8 Å². The van der Waals surface area contributed by atoms with Crippen LogP contribution in [-0.4, -0.2) is 52.0 Å². The maximum absolute atomic E-state index is 12.7. The van der Waals surface area contributed by atoms with Crippen molar-refractivity contribution in [2.45, 2.75) is 31.5 Å². The molecule has 1 amide bonds. The molecule has 0 radical (unpaired) electrons. The highest BCUT2D eigenvalue weighted by Gasteiger charge is 2.30. The standard InChI is InChI=1S/C21H27N7O/c1-27(2)9-4-10-28-14-23-18-11-16(6-7-20(18)28)24-21(29)19-12-17(25-26-19)15-5-3-8-22-13-15/h3,5-8,11,13-14,17,19,25-26H,4,9-10,12H2,1-2H3,(H,24,29). The van der Waals surface area contributed by atoms with E-state index in [1.165, 1.54) is 0 Å². The highest BCUT2D eigenvalue weighted by molar-refractivity contribution is 5.96. The monoisotopic (exact) mass is 393 g/mol. The number of carbonyl (C=O) groups is 1. The zero-order valence-corrected chi connectivity index (χ0v) is 16.8. The molecule has 1 aromatic carbocycles. The smallest absolute Gasteiger partial charge is 0.242 e. The Kier molecular flexibility index (Phi) is 5.84. The fraction of sp³-hybridized carbons (Fsp3) is 0.381. The zero-order valence-electron chi connectivity index (χ0n) is 16.8. The third kappa shape index (κ3) is 4.61. The first-order valence-corrected chi connectivity index (χ1v) is 9.91. The summed E-state index contributed by atoms with van der Waals surface area (Å²) in [6, 6.07) is 9.56. The number of nitrogens with zero attached hydrogens (tertiary/aromatic N) is 4. The average Bonchev–Trinajstić information content (AvgIpc) is 3.36. The number of anilines is 1. The molecule has 152 valence electrons. The first kappa shape index (κ1) is 19.5. The predicted molar refractivity (Wildman–Crippen MR) is 113 cm³/mol. The predicted octanol–water partition coefficient (Wildman–Crippen LogP) is 1.93. The highest BCUT2D eigenvalue weighted by Crippen LogP contribution is 2.23. The summed E-state index contributed by atoms with van der Waals surface area (Å²) in [5.41, 5.74) is 10.1. The van der Waals surface area contributed by atoms with E-state index < -0.39 is 0 Å². The Morgan fingerprint density at radius 1 is 1.31 bits per heavy atom. The molecule has 2 atom stereocenters. The molecule has 2 unspecified atom stereocenters. The Bertz CT molecular complexity index is 970. The number of hydrazine groups is 1. The van der Waals surface area contributed by atoms with Crippen LogP contribution in [0.4, 0.5) is 5.69 Å². The molecule has 3 aromatic rings. The summed E-state index contributed by atoms with van der Waals surface area (Å²) in [5, 5.41) is 3.00. The molecule has 8 heteroatoms. The van der Waals surface area contributed by atoms with Gasteiger partial charge in [0, 0.05) is 30.7 Å². The molecule has 0 spiro atoms. The third-order valence-corrected chi connectivity index (χ3v) is 5.20. The van der Waals surface area contributed by atoms with Crippen LogP contribution >= 0.6 is 0 Å². The maximum Gasteiger partial charge on any atom is 0.242 e. The van der Waals surface area contributed by atoms with Crippen molar-refractivity contribution in [3.63, 3.8) is 0 Å². The second-order valence-electron chi connectivity index (χ2n) is 7.70. The van der Waals surface area contributed by atoms with Crippen molar-refractivity contribution in [1.29, 1.82) is 0 Å². The Morgan fingerprint density at radius 2 is 2.21 bits per heavy atom. The van der Waals surface area contributed by atoms with Gasteiger partial charge in [0.05, 0.1) is 17.4 Å². The molecule has 0 aliphatic carbocycles. The van der Waals surface area contributed by atoms with E-state index in [2.05, 4.69) is 49.7 Å². The summed E-state index contributed by atoms with van der Waals surface area (Å²) in [7, 11) is 4.16. The summed E-state index contributed by atoms with van der Waals surface area (Å²) in [5.74, 6) is -0.0614. The lowest BCUT2D eigenvalue weighted by atomic mass is 10.0. The second kappa shape index (κ2) is 8.69. The summed E-state index contributed by atoms with van der Waals surface area (Å²) in [4.78, 5) is 23.5. The number of rotatable bonds is 7. The number of carbonyl (C=O) groups excluding carboxylic acids is 1. The number of hydrogen-bond donors (Lipinski definition) is 3. The van der Waals surface area contributed by atoms with Gasteiger partial charge in [0.15, 0.2) is 0 Å². The Hall–Kier alpha value is -2.81. The number of pyridine rings is 1. The highest BCUT2D eigenvalue weighted by atomic mass is 16.2. The molecule has 4 rings (SSSR count). The lowest BCUT2D eigenvalue weighted by molar-refractivity contribution is -0.117. The Balaban J connectivity index is 1.37. The molecule has 0 saturated carbocycles. The minimum atomic E-state index is -0.306. The lowest BCUT2D eigenvalue weighted by Crippen LogP contribution is -2.39. The van der Waals surface area contributed by atoms with E-state index in [4.69, 9.17) is 0 Å². The van der Waals surface area contributed by atoms with Crippen LogP contribution in [0.2, 0.25) is 0 Å². The van der Waals surface area contributed by atoms with E-state index >= 15 is 0 Å². The SMILES string of the molecule is CN(C)CCCn1cnc2cc(NC(=O)C3CC(c4cccnc4)NN3)ccc21. The van der Waals surface area contributed by atoms with Crippen LogP contribution in [0.25, 0.3) is 11.0 Å². The number of aryl methyl sites for hydroxylation is 1. The van der Waals surface area contributed by atoms with Gasteiger partial charge in [-0.3, -0.25) is 9.78 Å². The Labute approximate surface area is 170 Å². The average molecular weight is 393 g/mol. The number of imidazole rings is 1. The van der Waals surface area contributed by atoms with Crippen LogP contribution in [0.5, 0.6) is 0 Å². The van der Waals surface area contributed by atoms with Crippen molar-refractivity contribution in [1.82, 2.24) is 30.3 Å². The third-order valence-electron chi connectivity index (χ3n) is 5.20. The molecular weight excluding hydrogens is 366 g/mol. The van der Waals surface area contributed by atoms with Crippen LogP contribution in [0.1, 0.15) is 24.4 Å². The number of amides is 1. The maximum atomic E-state index is 12.7. The van der Waals surface area contributed by atoms with Crippen LogP contribution in [0.15, 0.2) is 49.1 Å². The summed E-state index contributed by atoms with van der Waals surface area (Å²) >= 11 is 0. The van der Waals surface area contributed by atoms with Gasteiger partial charge in [-0.15, -0.1) is 0 Å². The van der Waals surface area contributed by atoms with Crippen molar-refractivity contribution in [3.05, 3.63) is 54.6 Å². The first-order chi connectivity index (χ1) is 14.1. The fourth-order valence-electron chi connectivity index (χ4n) is 3.64. The second-order valence-corrected chi connectivity index (χ2v) is 7.70. The fourth-order valence-corrected chi connectivity index (χ4v) is 3.64. The van der Waals surface area contributed by atoms with E-state index in [1.807, 2.05) is 42.9 Å². The molecule has 3 N–H and O–H groups in total. The molecule has 1 saturated heterocycles. The normalized spacial score (nSPS) is 19.1. The van der Waals surface area contributed by atoms with Crippen molar-refractivity contribution in [3.8, 4) is 0 Å². The van der Waals surface area contributed by atoms with Crippen LogP contribution < -0.4 is 16.2 Å². The minimum absolute atomic E-state index is 0.0614. The summed E-state index contributed by atoms with van der Waals surface area (Å²) < 4.78 is 2.16. The largest absolute Gasteiger partial charge is 0.331 e. The number of nitrogens with one attached hydrogen (secondary N) is 3. The van der Waals surface area contributed by atoms with E-state index in [1.54, 1.807) is 6.20 Å². The lowest BCUT2D eigenvalue weighted by Gasteiger charge is -2.11. The van der Waals surface area contributed by atoms with Crippen molar-refractivity contribution in [2.75, 3.05) is 26.0 Å². The summed E-state index contributed by atoms with van der Waals surface area (Å²) in [6.07, 6.45) is 7.17. The summed E-state index contributed by atoms with van der Waals surface area (Å²) in [6.45, 7) is 1.96. The van der Waals surface area contributed by atoms with E-state index in [9.17, 15) is 4.79 Å². The Morgan fingerprint density at radius 3 is 3.00 bits per heavy atom. The van der Waals surface area contributed by atoms with Crippen molar-refractivity contribution < 1.29 is 4.79 Å². The van der Waals surface area contributed by atoms with Crippen LogP contribution in [0, 0.1) is 0 Å². The number of fused-ring (bicyclic) bond motifs is 1. The molecule has 8 nitrogen and oxygen atoms in total. The van der Waals surface area contributed by atoms with Gasteiger partial charge in [0.25, 0.3) is 0 Å². The number of hydrogen-bond acceptors (Lipinski definition) is 6. The molecule has 1 fully saturated rings. The van der Waals surface area contributed by atoms with Gasteiger partial charge in [-0.2, -0.15) is 0 Å². The van der Waals surface area contributed by atoms with E-state index in [-0.39, 0.29) is 18.0 Å². The van der Waals surface area contributed by atoms with E-state index in [0.717, 1.165) is 41.8 Å². The van der Waals surface area contributed by atoms with Crippen molar-refractivity contribution in [2.24, 2.45) is 0 Å². The molecular formula is C21H27N7O. The number of aromatic nitrogens is 3. The molecule has 29 heavy (non-hydrogen) atoms. The molecule has 2 aromatic heterocycles. The minimum Gasteiger partial charge on any atom is -0.331 e. The van der Waals surface area contributed by atoms with E-state index in [0.29, 0.717) is 6.42 Å². The zero-order chi connectivity index (χ0) is 20.2. The number of benzene rings is 1. The molecule has 1 aliphatic heterocycles. The van der Waals surface area contributed by atoms with Gasteiger partial charge in [0.2, 0.25) is 5.91 Å². The van der Waals surface area contributed by atoms with Gasteiger partial charge in [-0.1, -0.05) is 6.07 Å². The van der Waals surface area contributed by atoms with Gasteiger partial charge >= 0.3 is 0 Å². The molecule has 1 aliphatic rings. The van der Waals surface area contributed by atoms with Crippen LogP contribution in [-0.2, 0) is 11.3 Å². The van der Waals surface area contributed by atoms with Crippen molar-refractivity contribution >= 4 is 22.6 Å².